The van der Waals surface area contributed by atoms with Crippen LogP contribution in [-0.4, -0.2) is 34.5 Å². The third-order valence-corrected chi connectivity index (χ3v) is 3.12. The van der Waals surface area contributed by atoms with Gasteiger partial charge in [0.15, 0.2) is 5.69 Å². The fourth-order valence-electron chi connectivity index (χ4n) is 2.03. The summed E-state index contributed by atoms with van der Waals surface area (Å²) in [5.74, 6) is -1.05. The quantitative estimate of drug-likeness (QED) is 0.646. The summed E-state index contributed by atoms with van der Waals surface area (Å²) in [6, 6.07) is 5.19. The summed E-state index contributed by atoms with van der Waals surface area (Å²) in [6.45, 7) is -0.146. The van der Waals surface area contributed by atoms with Gasteiger partial charge in [-0.05, 0) is 18.2 Å². The summed E-state index contributed by atoms with van der Waals surface area (Å²) in [5.41, 5.74) is -1.24. The van der Waals surface area contributed by atoms with Crippen LogP contribution in [0.5, 0.6) is 0 Å². The van der Waals surface area contributed by atoms with Gasteiger partial charge in [-0.3, -0.25) is 0 Å². The predicted molar refractivity (Wildman–Crippen MR) is 75.2 cm³/mol. The number of benzene rings is 1. The van der Waals surface area contributed by atoms with Crippen molar-refractivity contribution in [2.24, 2.45) is 0 Å². The lowest BCUT2D eigenvalue weighted by Gasteiger charge is -2.09. The number of aromatic nitrogens is 2. The van der Waals surface area contributed by atoms with Crippen LogP contribution in [-0.2, 0) is 17.5 Å². The van der Waals surface area contributed by atoms with E-state index in [0.29, 0.717) is 0 Å². The van der Waals surface area contributed by atoms with E-state index in [9.17, 15) is 17.6 Å². The molecule has 0 bridgehead atoms. The van der Waals surface area contributed by atoms with E-state index in [1.807, 2.05) is 0 Å². The lowest BCUT2D eigenvalue weighted by molar-refractivity contribution is -0.140. The molecule has 5 nitrogen and oxygen atoms in total. The molecule has 24 heavy (non-hydrogen) atoms. The number of hydrogen-bond acceptors (Lipinski definition) is 4. The molecule has 2 rings (SSSR count). The molecule has 0 radical (unpaired) electrons. The second-order valence-corrected chi connectivity index (χ2v) is 4.78. The number of halogens is 4. The van der Waals surface area contributed by atoms with Gasteiger partial charge in [-0.25, -0.2) is 9.37 Å². The second-order valence-electron chi connectivity index (χ2n) is 4.78. The van der Waals surface area contributed by atoms with E-state index in [0.717, 1.165) is 16.8 Å². The Balaban J connectivity index is 2.39. The molecule has 1 aromatic heterocycles. The fourth-order valence-corrected chi connectivity index (χ4v) is 2.03. The van der Waals surface area contributed by atoms with Crippen LogP contribution in [0.4, 0.5) is 17.6 Å². The highest BCUT2D eigenvalue weighted by atomic mass is 19.4. The third-order valence-electron chi connectivity index (χ3n) is 3.12. The van der Waals surface area contributed by atoms with Crippen LogP contribution in [0.2, 0.25) is 0 Å². The van der Waals surface area contributed by atoms with Crippen LogP contribution in [0, 0.1) is 17.1 Å². The van der Waals surface area contributed by atoms with Crippen LogP contribution in [0.3, 0.4) is 0 Å². The van der Waals surface area contributed by atoms with E-state index in [2.05, 4.69) is 4.98 Å². The first-order valence-electron chi connectivity index (χ1n) is 6.90. The minimum Gasteiger partial charge on any atom is -0.394 e. The molecule has 1 N–H and O–H groups in total. The molecule has 128 valence electrons. The molecule has 0 aliphatic carbocycles. The molecule has 9 heteroatoms. The lowest BCUT2D eigenvalue weighted by Crippen LogP contribution is -2.09. The molecule has 0 unspecified atom stereocenters. The number of ether oxygens (including phenoxy) is 1. The Morgan fingerprint density at radius 1 is 1.29 bits per heavy atom. The maximum absolute atomic E-state index is 14.1. The lowest BCUT2D eigenvalue weighted by atomic mass is 10.1. The van der Waals surface area contributed by atoms with Crippen LogP contribution in [0.1, 0.15) is 11.3 Å². The Kier molecular flexibility index (Phi) is 5.54. The highest BCUT2D eigenvalue weighted by Crippen LogP contribution is 2.32. The number of aliphatic hydroxyl groups is 1. The fraction of sp³-hybridized carbons (Fsp3) is 0.333. The summed E-state index contributed by atoms with van der Waals surface area (Å²) in [7, 11) is 0. The maximum atomic E-state index is 14.1. The minimum atomic E-state index is -4.67. The van der Waals surface area contributed by atoms with Gasteiger partial charge in [0.1, 0.15) is 11.6 Å². The van der Waals surface area contributed by atoms with Crippen LogP contribution in [0.25, 0.3) is 11.4 Å². The van der Waals surface area contributed by atoms with Crippen molar-refractivity contribution >= 4 is 0 Å². The Morgan fingerprint density at radius 2 is 2.04 bits per heavy atom. The van der Waals surface area contributed by atoms with Gasteiger partial charge >= 0.3 is 6.18 Å². The summed E-state index contributed by atoms with van der Waals surface area (Å²) in [4.78, 5) is 3.48. The molecule has 0 saturated carbocycles. The van der Waals surface area contributed by atoms with Gasteiger partial charge in [-0.1, -0.05) is 0 Å². The summed E-state index contributed by atoms with van der Waals surface area (Å²) in [6.07, 6.45) is -3.90. The Bertz CT molecular complexity index is 750. The normalized spacial score (nSPS) is 11.5. The van der Waals surface area contributed by atoms with E-state index >= 15 is 0 Å². The first-order chi connectivity index (χ1) is 11.4. The Labute approximate surface area is 134 Å². The largest absolute Gasteiger partial charge is 0.434 e. The average molecular weight is 343 g/mol. The maximum Gasteiger partial charge on any atom is 0.434 e. The standard InChI is InChI=1S/C15H13F4N3O2/c16-12-7-10(8-20)1-2-11(12)14-21-13(15(17,18)19)9-22(14)3-5-24-6-4-23/h1-2,7,9,23H,3-6H2. The van der Waals surface area contributed by atoms with Crippen molar-refractivity contribution in [3.63, 3.8) is 0 Å². The van der Waals surface area contributed by atoms with Crippen LogP contribution < -0.4 is 0 Å². The van der Waals surface area contributed by atoms with Crippen LogP contribution in [0.15, 0.2) is 24.4 Å². The molecule has 0 aliphatic heterocycles. The summed E-state index contributed by atoms with van der Waals surface area (Å²) >= 11 is 0. The average Bonchev–Trinajstić information content (AvgIpc) is 2.95. The molecular formula is C15H13F4N3O2. The van der Waals surface area contributed by atoms with Crippen molar-refractivity contribution in [3.05, 3.63) is 41.5 Å². The van der Waals surface area contributed by atoms with Crippen molar-refractivity contribution in [2.45, 2.75) is 12.7 Å². The second kappa shape index (κ2) is 7.42. The molecule has 0 atom stereocenters. The number of imidazole rings is 1. The molecule has 1 heterocycles. The van der Waals surface area contributed by atoms with Crippen molar-refractivity contribution in [3.8, 4) is 17.5 Å². The van der Waals surface area contributed by atoms with E-state index in [4.69, 9.17) is 15.1 Å². The van der Waals surface area contributed by atoms with Gasteiger partial charge in [0.2, 0.25) is 0 Å². The zero-order chi connectivity index (χ0) is 17.7. The summed E-state index contributed by atoms with van der Waals surface area (Å²) < 4.78 is 58.9. The number of alkyl halides is 3. The van der Waals surface area contributed by atoms with Gasteiger partial charge < -0.3 is 14.4 Å². The van der Waals surface area contributed by atoms with Gasteiger partial charge in [0.25, 0.3) is 0 Å². The zero-order valence-electron chi connectivity index (χ0n) is 12.3. The van der Waals surface area contributed by atoms with Gasteiger partial charge in [-0.15, -0.1) is 0 Å². The van der Waals surface area contributed by atoms with E-state index in [-0.39, 0.29) is 43.3 Å². The monoisotopic (exact) mass is 343 g/mol. The van der Waals surface area contributed by atoms with E-state index < -0.39 is 17.7 Å². The van der Waals surface area contributed by atoms with Crippen molar-refractivity contribution in [2.75, 3.05) is 19.8 Å². The van der Waals surface area contributed by atoms with Crippen molar-refractivity contribution in [1.82, 2.24) is 9.55 Å². The number of aliphatic hydroxyl groups excluding tert-OH is 1. The zero-order valence-corrected chi connectivity index (χ0v) is 12.3. The number of hydrogen-bond donors (Lipinski definition) is 1. The number of rotatable bonds is 6. The molecular weight excluding hydrogens is 330 g/mol. The molecule has 0 aliphatic rings. The smallest absolute Gasteiger partial charge is 0.394 e. The highest BCUT2D eigenvalue weighted by Gasteiger charge is 2.35. The first-order valence-corrected chi connectivity index (χ1v) is 6.90. The number of nitriles is 1. The van der Waals surface area contributed by atoms with Crippen LogP contribution >= 0.6 is 0 Å². The Morgan fingerprint density at radius 3 is 2.62 bits per heavy atom. The molecule has 2 aromatic rings. The van der Waals surface area contributed by atoms with Crippen molar-refractivity contribution in [1.29, 1.82) is 5.26 Å². The van der Waals surface area contributed by atoms with Crippen molar-refractivity contribution < 1.29 is 27.4 Å². The molecule has 0 fully saturated rings. The van der Waals surface area contributed by atoms with Gasteiger partial charge in [0, 0.05) is 12.7 Å². The molecule has 0 saturated heterocycles. The minimum absolute atomic E-state index is 0.00213. The first kappa shape index (κ1) is 17.9. The van der Waals surface area contributed by atoms with Gasteiger partial charge in [0.05, 0.1) is 37.0 Å². The van der Waals surface area contributed by atoms with E-state index in [1.165, 1.54) is 12.1 Å². The SMILES string of the molecule is N#Cc1ccc(-c2nc(C(F)(F)F)cn2CCOCCO)c(F)c1. The Hall–Kier alpha value is -2.44. The van der Waals surface area contributed by atoms with E-state index in [1.54, 1.807) is 6.07 Å². The third kappa shape index (κ3) is 4.10. The molecule has 0 spiro atoms. The predicted octanol–water partition coefficient (Wildman–Crippen LogP) is 2.59. The summed E-state index contributed by atoms with van der Waals surface area (Å²) in [5, 5.41) is 17.4. The molecule has 0 amide bonds. The topological polar surface area (TPSA) is 71.1 Å². The van der Waals surface area contributed by atoms with Gasteiger partial charge in [-0.2, -0.15) is 18.4 Å². The molecule has 1 aromatic carbocycles. The number of nitrogens with zero attached hydrogens (tertiary/aromatic N) is 3. The highest BCUT2D eigenvalue weighted by molar-refractivity contribution is 5.59.